The number of rotatable bonds is 3. The average molecular weight is 264 g/mol. The predicted molar refractivity (Wildman–Crippen MR) is 69.7 cm³/mol. The van der Waals surface area contributed by atoms with Gasteiger partial charge in [-0.2, -0.15) is 5.26 Å². The Hall–Kier alpha value is -1.38. The molecule has 1 saturated carbocycles. The van der Waals surface area contributed by atoms with E-state index in [9.17, 15) is 8.42 Å². The van der Waals surface area contributed by atoms with Crippen molar-refractivity contribution >= 4 is 9.84 Å². The molecule has 18 heavy (non-hydrogen) atoms. The number of nitrogens with two attached hydrogens (primary N) is 1. The number of hydrogen-bond acceptors (Lipinski definition) is 4. The molecule has 1 aliphatic rings. The minimum absolute atomic E-state index is 0.414. The van der Waals surface area contributed by atoms with Gasteiger partial charge in [-0.05, 0) is 17.5 Å². The van der Waals surface area contributed by atoms with Gasteiger partial charge in [-0.15, -0.1) is 0 Å². The third-order valence-electron chi connectivity index (χ3n) is 3.58. The third-order valence-corrected chi connectivity index (χ3v) is 5.17. The summed E-state index contributed by atoms with van der Waals surface area (Å²) in [5.74, 6) is -0.414. The van der Waals surface area contributed by atoms with Crippen LogP contribution < -0.4 is 5.73 Å². The quantitative estimate of drug-likeness (QED) is 0.882. The smallest absolute Gasteiger partial charge is 0.153 e. The van der Waals surface area contributed by atoms with Crippen LogP contribution in [0.1, 0.15) is 24.0 Å². The molecule has 3 atom stereocenters. The fourth-order valence-electron chi connectivity index (χ4n) is 2.52. The molecular formula is C13H16N2O2S. The van der Waals surface area contributed by atoms with Gasteiger partial charge in [0.05, 0.1) is 6.07 Å². The minimum atomic E-state index is -3.31. The largest absolute Gasteiger partial charge is 0.312 e. The van der Waals surface area contributed by atoms with Gasteiger partial charge in [0.15, 0.2) is 9.84 Å². The SMILES string of the molecule is CCc1ccc([C@@H]2[C@@H](S(C)(=O)=O)[C@]2(N)C#N)cc1. The van der Waals surface area contributed by atoms with Crippen LogP contribution in [0.3, 0.4) is 0 Å². The van der Waals surface area contributed by atoms with Crippen LogP contribution >= 0.6 is 0 Å². The van der Waals surface area contributed by atoms with Crippen molar-refractivity contribution in [2.24, 2.45) is 5.73 Å². The Morgan fingerprint density at radius 1 is 1.39 bits per heavy atom. The number of benzene rings is 1. The molecule has 0 heterocycles. The highest BCUT2D eigenvalue weighted by molar-refractivity contribution is 7.91. The van der Waals surface area contributed by atoms with Gasteiger partial charge in [0.25, 0.3) is 0 Å². The van der Waals surface area contributed by atoms with Crippen LogP contribution in [0.5, 0.6) is 0 Å². The summed E-state index contributed by atoms with van der Waals surface area (Å²) in [5, 5.41) is 8.30. The highest BCUT2D eigenvalue weighted by Crippen LogP contribution is 2.53. The first-order chi connectivity index (χ1) is 8.34. The van der Waals surface area contributed by atoms with E-state index >= 15 is 0 Å². The normalized spacial score (nSPS) is 30.8. The summed E-state index contributed by atoms with van der Waals surface area (Å²) in [7, 11) is -3.31. The van der Waals surface area contributed by atoms with Crippen molar-refractivity contribution in [3.05, 3.63) is 35.4 Å². The maximum Gasteiger partial charge on any atom is 0.153 e. The van der Waals surface area contributed by atoms with Crippen LogP contribution in [-0.2, 0) is 16.3 Å². The number of aryl methyl sites for hydroxylation is 1. The molecule has 0 saturated heterocycles. The zero-order chi connectivity index (χ0) is 13.6. The van der Waals surface area contributed by atoms with Crippen molar-refractivity contribution < 1.29 is 8.42 Å². The zero-order valence-corrected chi connectivity index (χ0v) is 11.2. The van der Waals surface area contributed by atoms with Gasteiger partial charge in [-0.3, -0.25) is 0 Å². The van der Waals surface area contributed by atoms with E-state index in [0.717, 1.165) is 18.2 Å². The Kier molecular flexibility index (Phi) is 2.96. The third kappa shape index (κ3) is 1.92. The van der Waals surface area contributed by atoms with Crippen LogP contribution in [0.4, 0.5) is 0 Å². The van der Waals surface area contributed by atoms with E-state index in [-0.39, 0.29) is 0 Å². The topological polar surface area (TPSA) is 83.9 Å². The van der Waals surface area contributed by atoms with Gasteiger partial charge < -0.3 is 5.73 Å². The molecule has 0 aromatic heterocycles. The fraction of sp³-hybridized carbons (Fsp3) is 0.462. The first-order valence-electron chi connectivity index (χ1n) is 5.82. The monoisotopic (exact) mass is 264 g/mol. The van der Waals surface area contributed by atoms with Crippen LogP contribution in [0.25, 0.3) is 0 Å². The first kappa shape index (κ1) is 13.1. The molecule has 2 N–H and O–H groups in total. The van der Waals surface area contributed by atoms with Crippen molar-refractivity contribution in [1.82, 2.24) is 0 Å². The maximum absolute atomic E-state index is 11.6. The Morgan fingerprint density at radius 3 is 2.28 bits per heavy atom. The summed E-state index contributed by atoms with van der Waals surface area (Å²) in [4.78, 5) is 0. The van der Waals surface area contributed by atoms with Crippen LogP contribution in [0.2, 0.25) is 0 Å². The Balaban J connectivity index is 2.37. The fourth-order valence-corrected chi connectivity index (χ4v) is 4.23. The lowest BCUT2D eigenvalue weighted by molar-refractivity contribution is 0.597. The molecule has 1 aliphatic carbocycles. The lowest BCUT2D eigenvalue weighted by Crippen LogP contribution is -2.28. The molecule has 0 bridgehead atoms. The Morgan fingerprint density at radius 2 is 1.94 bits per heavy atom. The van der Waals surface area contributed by atoms with Gasteiger partial charge in [-0.1, -0.05) is 31.2 Å². The summed E-state index contributed by atoms with van der Waals surface area (Å²) in [6.07, 6.45) is 2.06. The van der Waals surface area contributed by atoms with Crippen molar-refractivity contribution in [3.63, 3.8) is 0 Å². The second-order valence-corrected chi connectivity index (χ2v) is 7.03. The summed E-state index contributed by atoms with van der Waals surface area (Å²) >= 11 is 0. The van der Waals surface area contributed by atoms with E-state index < -0.39 is 26.5 Å². The molecule has 0 unspecified atom stereocenters. The van der Waals surface area contributed by atoms with Crippen molar-refractivity contribution in [2.75, 3.05) is 6.26 Å². The molecule has 5 heteroatoms. The van der Waals surface area contributed by atoms with Crippen molar-refractivity contribution in [1.29, 1.82) is 5.26 Å². The molecule has 0 radical (unpaired) electrons. The van der Waals surface area contributed by atoms with Gasteiger partial charge in [-0.25, -0.2) is 8.42 Å². The van der Waals surface area contributed by atoms with E-state index in [0.29, 0.717) is 0 Å². The maximum atomic E-state index is 11.6. The van der Waals surface area contributed by atoms with E-state index in [1.165, 1.54) is 5.56 Å². The van der Waals surface area contributed by atoms with Crippen LogP contribution in [-0.4, -0.2) is 25.5 Å². The molecule has 0 aliphatic heterocycles. The highest BCUT2D eigenvalue weighted by atomic mass is 32.2. The first-order valence-corrected chi connectivity index (χ1v) is 7.78. The Labute approximate surface area is 107 Å². The van der Waals surface area contributed by atoms with E-state index in [2.05, 4.69) is 0 Å². The number of nitriles is 1. The molecule has 96 valence electrons. The predicted octanol–water partition coefficient (Wildman–Crippen LogP) is 0.980. The number of hydrogen-bond donors (Lipinski definition) is 1. The summed E-state index contributed by atoms with van der Waals surface area (Å²) in [6.45, 7) is 2.05. The number of sulfone groups is 1. The molecule has 2 rings (SSSR count). The van der Waals surface area contributed by atoms with E-state index in [4.69, 9.17) is 11.0 Å². The Bertz CT molecular complexity index is 601. The summed E-state index contributed by atoms with van der Waals surface area (Å²) < 4.78 is 23.3. The number of nitrogens with zero attached hydrogens (tertiary/aromatic N) is 1. The van der Waals surface area contributed by atoms with Gasteiger partial charge in [0.2, 0.25) is 0 Å². The summed E-state index contributed by atoms with van der Waals surface area (Å²) in [6, 6.07) is 9.58. The van der Waals surface area contributed by atoms with E-state index in [1.807, 2.05) is 37.3 Å². The summed E-state index contributed by atoms with van der Waals surface area (Å²) in [5.41, 5.74) is 6.61. The molecule has 1 aromatic rings. The molecule has 0 spiro atoms. The second-order valence-electron chi connectivity index (χ2n) is 4.87. The molecule has 4 nitrogen and oxygen atoms in total. The standard InChI is InChI=1S/C13H16N2O2S/c1-3-9-4-6-10(7-5-9)11-12(18(2,16)17)13(11,15)8-14/h4-7,11-12H,3,15H2,1-2H3/t11-,12-,13+/m1/s1. The lowest BCUT2D eigenvalue weighted by atomic mass is 10.0. The molecule has 1 aromatic carbocycles. The molecular weight excluding hydrogens is 248 g/mol. The zero-order valence-electron chi connectivity index (χ0n) is 10.4. The van der Waals surface area contributed by atoms with Crippen molar-refractivity contribution in [3.8, 4) is 6.07 Å². The molecule has 1 fully saturated rings. The van der Waals surface area contributed by atoms with Gasteiger partial charge in [0.1, 0.15) is 10.8 Å². The lowest BCUT2D eigenvalue weighted by Gasteiger charge is -2.02. The van der Waals surface area contributed by atoms with Crippen LogP contribution in [0.15, 0.2) is 24.3 Å². The van der Waals surface area contributed by atoms with Crippen molar-refractivity contribution in [2.45, 2.75) is 30.1 Å². The van der Waals surface area contributed by atoms with Crippen LogP contribution in [0, 0.1) is 11.3 Å². The van der Waals surface area contributed by atoms with E-state index in [1.54, 1.807) is 0 Å². The van der Waals surface area contributed by atoms with Gasteiger partial charge >= 0.3 is 0 Å². The second kappa shape index (κ2) is 4.08. The van der Waals surface area contributed by atoms with Gasteiger partial charge in [0, 0.05) is 12.2 Å². The average Bonchev–Trinajstić information content (AvgIpc) is 2.97. The highest BCUT2D eigenvalue weighted by Gasteiger charge is 2.69. The molecule has 0 amide bonds. The minimum Gasteiger partial charge on any atom is -0.312 e.